The molecule has 0 aromatic rings. The normalized spacial score (nSPS) is 20.1. The largest absolute Gasteiger partial charge is 0.383 e. The molecule has 16 heavy (non-hydrogen) atoms. The number of rotatable bonds is 7. The standard InChI is InChI=1S/C10H20BrNO3S/c1-15-8-9(6-7-11)12-16(13,14)10-4-2-3-5-10/h9-10,12H,2-8H2,1H3. The molecule has 0 saturated heterocycles. The fraction of sp³-hybridized carbons (Fsp3) is 1.00. The Bertz CT molecular complexity index is 282. The topological polar surface area (TPSA) is 55.4 Å². The lowest BCUT2D eigenvalue weighted by molar-refractivity contribution is 0.173. The Hall–Kier alpha value is 0.350. The van der Waals surface area contributed by atoms with Gasteiger partial charge in [0, 0.05) is 18.5 Å². The van der Waals surface area contributed by atoms with E-state index in [1.165, 1.54) is 0 Å². The molecule has 0 spiro atoms. The molecule has 0 aliphatic heterocycles. The first-order valence-electron chi connectivity index (χ1n) is 5.66. The Kier molecular flexibility index (Phi) is 6.25. The second-order valence-electron chi connectivity index (χ2n) is 4.20. The summed E-state index contributed by atoms with van der Waals surface area (Å²) >= 11 is 3.32. The summed E-state index contributed by atoms with van der Waals surface area (Å²) in [7, 11) is -1.57. The van der Waals surface area contributed by atoms with Crippen molar-refractivity contribution in [1.29, 1.82) is 0 Å². The summed E-state index contributed by atoms with van der Waals surface area (Å²) in [6.45, 7) is 0.428. The first kappa shape index (κ1) is 14.4. The van der Waals surface area contributed by atoms with Gasteiger partial charge in [-0.25, -0.2) is 13.1 Å². The maximum atomic E-state index is 12.0. The molecule has 1 aliphatic rings. The van der Waals surface area contributed by atoms with Crippen LogP contribution in [-0.2, 0) is 14.8 Å². The zero-order valence-corrected chi connectivity index (χ0v) is 12.0. The molecule has 1 atom stereocenters. The van der Waals surface area contributed by atoms with E-state index < -0.39 is 10.0 Å². The summed E-state index contributed by atoms with van der Waals surface area (Å²) in [5, 5.41) is 0.580. The van der Waals surface area contributed by atoms with Crippen LogP contribution in [0.1, 0.15) is 32.1 Å². The van der Waals surface area contributed by atoms with Crippen molar-refractivity contribution in [2.45, 2.75) is 43.4 Å². The van der Waals surface area contributed by atoms with Crippen LogP contribution in [0.15, 0.2) is 0 Å². The lowest BCUT2D eigenvalue weighted by Gasteiger charge is -2.19. The minimum absolute atomic E-state index is 0.116. The minimum Gasteiger partial charge on any atom is -0.383 e. The third-order valence-corrected chi connectivity index (χ3v) is 5.37. The summed E-state index contributed by atoms with van der Waals surface area (Å²) in [5.41, 5.74) is 0. The van der Waals surface area contributed by atoms with Gasteiger partial charge in [0.05, 0.1) is 11.9 Å². The third kappa shape index (κ3) is 4.31. The van der Waals surface area contributed by atoms with Crippen molar-refractivity contribution in [3.8, 4) is 0 Å². The van der Waals surface area contributed by atoms with Crippen molar-refractivity contribution in [1.82, 2.24) is 4.72 Å². The van der Waals surface area contributed by atoms with Gasteiger partial charge in [0.1, 0.15) is 0 Å². The van der Waals surface area contributed by atoms with Gasteiger partial charge in [0.15, 0.2) is 0 Å². The number of nitrogens with one attached hydrogen (secondary N) is 1. The smallest absolute Gasteiger partial charge is 0.214 e. The van der Waals surface area contributed by atoms with Crippen LogP contribution in [0.5, 0.6) is 0 Å². The fourth-order valence-electron chi connectivity index (χ4n) is 2.04. The molecule has 0 aromatic carbocycles. The number of hydrogen-bond donors (Lipinski definition) is 1. The molecule has 1 unspecified atom stereocenters. The summed E-state index contributed by atoms with van der Waals surface area (Å²) in [4.78, 5) is 0. The Labute approximate surface area is 106 Å². The molecule has 4 nitrogen and oxygen atoms in total. The summed E-state index contributed by atoms with van der Waals surface area (Å²) in [6, 6.07) is -0.116. The van der Waals surface area contributed by atoms with Gasteiger partial charge in [0.25, 0.3) is 0 Å². The molecule has 0 radical (unpaired) electrons. The van der Waals surface area contributed by atoms with E-state index in [-0.39, 0.29) is 11.3 Å². The number of ether oxygens (including phenoxy) is 1. The first-order valence-corrected chi connectivity index (χ1v) is 8.33. The molecular weight excluding hydrogens is 294 g/mol. The molecule has 96 valence electrons. The Balaban J connectivity index is 2.54. The van der Waals surface area contributed by atoms with Crippen LogP contribution < -0.4 is 4.72 Å². The first-order chi connectivity index (χ1) is 7.60. The van der Waals surface area contributed by atoms with Crippen molar-refractivity contribution >= 4 is 26.0 Å². The number of hydrogen-bond acceptors (Lipinski definition) is 3. The molecule has 1 saturated carbocycles. The van der Waals surface area contributed by atoms with Crippen LogP contribution in [0.25, 0.3) is 0 Å². The monoisotopic (exact) mass is 313 g/mol. The van der Waals surface area contributed by atoms with Gasteiger partial charge in [-0.3, -0.25) is 0 Å². The molecule has 1 N–H and O–H groups in total. The number of sulfonamides is 1. The van der Waals surface area contributed by atoms with Crippen LogP contribution in [0, 0.1) is 0 Å². The maximum absolute atomic E-state index is 12.0. The molecule has 1 rings (SSSR count). The molecule has 1 fully saturated rings. The molecule has 0 bridgehead atoms. The van der Waals surface area contributed by atoms with Crippen molar-refractivity contribution in [2.24, 2.45) is 0 Å². The van der Waals surface area contributed by atoms with E-state index in [9.17, 15) is 8.42 Å². The van der Waals surface area contributed by atoms with Crippen molar-refractivity contribution in [3.63, 3.8) is 0 Å². The Morgan fingerprint density at radius 2 is 2.06 bits per heavy atom. The second kappa shape index (κ2) is 6.93. The van der Waals surface area contributed by atoms with E-state index in [2.05, 4.69) is 20.7 Å². The molecular formula is C10H20BrNO3S. The molecule has 0 amide bonds. The quantitative estimate of drug-likeness (QED) is 0.727. The van der Waals surface area contributed by atoms with E-state index in [4.69, 9.17) is 4.74 Å². The molecule has 1 aliphatic carbocycles. The van der Waals surface area contributed by atoms with E-state index in [1.807, 2.05) is 0 Å². The van der Waals surface area contributed by atoms with Gasteiger partial charge >= 0.3 is 0 Å². The van der Waals surface area contributed by atoms with E-state index in [0.717, 1.165) is 37.4 Å². The summed E-state index contributed by atoms with van der Waals surface area (Å²) in [5.74, 6) is 0. The van der Waals surface area contributed by atoms with Gasteiger partial charge < -0.3 is 4.74 Å². The zero-order chi connectivity index (χ0) is 12.0. The SMILES string of the molecule is COCC(CCBr)NS(=O)(=O)C1CCCC1. The average molecular weight is 314 g/mol. The predicted molar refractivity (Wildman–Crippen MR) is 68.4 cm³/mol. The third-order valence-electron chi connectivity index (χ3n) is 2.90. The fourth-order valence-corrected chi connectivity index (χ4v) is 4.39. The average Bonchev–Trinajstić information content (AvgIpc) is 2.71. The van der Waals surface area contributed by atoms with E-state index in [0.29, 0.717) is 6.61 Å². The van der Waals surface area contributed by atoms with E-state index >= 15 is 0 Å². The van der Waals surface area contributed by atoms with Crippen molar-refractivity contribution in [3.05, 3.63) is 0 Å². The highest BCUT2D eigenvalue weighted by atomic mass is 79.9. The van der Waals surface area contributed by atoms with Crippen LogP contribution in [-0.4, -0.2) is 38.8 Å². The second-order valence-corrected chi connectivity index (χ2v) is 6.98. The Morgan fingerprint density at radius 1 is 1.44 bits per heavy atom. The number of alkyl halides is 1. The number of halogens is 1. The van der Waals surface area contributed by atoms with Crippen LogP contribution in [0.4, 0.5) is 0 Å². The van der Waals surface area contributed by atoms with Crippen LogP contribution in [0.3, 0.4) is 0 Å². The highest BCUT2D eigenvalue weighted by Gasteiger charge is 2.30. The summed E-state index contributed by atoms with van der Waals surface area (Å²) in [6.07, 6.45) is 4.39. The number of methoxy groups -OCH3 is 1. The van der Waals surface area contributed by atoms with Crippen LogP contribution >= 0.6 is 15.9 Å². The molecule has 6 heteroatoms. The minimum atomic E-state index is -3.15. The lowest BCUT2D eigenvalue weighted by atomic mass is 10.3. The lowest BCUT2D eigenvalue weighted by Crippen LogP contribution is -2.42. The molecule has 0 aromatic heterocycles. The Morgan fingerprint density at radius 3 is 2.56 bits per heavy atom. The van der Waals surface area contributed by atoms with Gasteiger partial charge in [-0.2, -0.15) is 0 Å². The van der Waals surface area contributed by atoms with Gasteiger partial charge in [0.2, 0.25) is 10.0 Å². The van der Waals surface area contributed by atoms with Crippen molar-refractivity contribution < 1.29 is 13.2 Å². The summed E-state index contributed by atoms with van der Waals surface area (Å²) < 4.78 is 31.8. The van der Waals surface area contributed by atoms with E-state index in [1.54, 1.807) is 7.11 Å². The van der Waals surface area contributed by atoms with Crippen molar-refractivity contribution in [2.75, 3.05) is 19.0 Å². The highest BCUT2D eigenvalue weighted by molar-refractivity contribution is 9.09. The molecule has 0 heterocycles. The maximum Gasteiger partial charge on any atom is 0.214 e. The van der Waals surface area contributed by atoms with Crippen LogP contribution in [0.2, 0.25) is 0 Å². The van der Waals surface area contributed by atoms with Gasteiger partial charge in [-0.15, -0.1) is 0 Å². The predicted octanol–water partition coefficient (Wildman–Crippen LogP) is 1.65. The van der Waals surface area contributed by atoms with Gasteiger partial charge in [-0.05, 0) is 19.3 Å². The highest BCUT2D eigenvalue weighted by Crippen LogP contribution is 2.24. The zero-order valence-electron chi connectivity index (χ0n) is 9.62. The van der Waals surface area contributed by atoms with Gasteiger partial charge in [-0.1, -0.05) is 28.8 Å².